The van der Waals surface area contributed by atoms with Crippen LogP contribution in [-0.2, 0) is 9.53 Å². The number of carboxylic acid groups (broad SMARTS) is 1. The second-order valence-corrected chi connectivity index (χ2v) is 7.19. The van der Waals surface area contributed by atoms with Crippen LogP contribution in [0.25, 0.3) is 10.8 Å². The quantitative estimate of drug-likeness (QED) is 0.321. The summed E-state index contributed by atoms with van der Waals surface area (Å²) in [5.41, 5.74) is 0.399. The van der Waals surface area contributed by atoms with Crippen molar-refractivity contribution in [3.8, 4) is 17.6 Å². The highest BCUT2D eigenvalue weighted by molar-refractivity contribution is 6.30. The van der Waals surface area contributed by atoms with Crippen molar-refractivity contribution in [1.82, 2.24) is 0 Å². The van der Waals surface area contributed by atoms with Gasteiger partial charge < -0.3 is 14.6 Å². The van der Waals surface area contributed by atoms with E-state index in [0.717, 1.165) is 23.7 Å². The Hall–Kier alpha value is -3.42. The summed E-state index contributed by atoms with van der Waals surface area (Å²) in [4.78, 5) is 9.59. The van der Waals surface area contributed by atoms with E-state index >= 15 is 0 Å². The standard InChI is InChI=1S/C21H17ClO.C4H6O3/c1-21(2,23-20-11-9-19(22)10-12-20)14-13-16-7-8-17-5-3-4-6-18(17)15-16;1-7-3-2-4(5)6/h3-12,15H,1-2H3;2-3H,1H3,(H,5,6). The van der Waals surface area contributed by atoms with Gasteiger partial charge in [-0.1, -0.05) is 53.8 Å². The molecule has 0 unspecified atom stereocenters. The molecule has 0 aliphatic rings. The number of methoxy groups -OCH3 is 1. The van der Waals surface area contributed by atoms with E-state index in [1.807, 2.05) is 56.3 Å². The number of hydrogen-bond acceptors (Lipinski definition) is 3. The fourth-order valence-electron chi connectivity index (χ4n) is 2.44. The Morgan fingerprint density at radius 1 is 1.03 bits per heavy atom. The zero-order valence-corrected chi connectivity index (χ0v) is 17.8. The van der Waals surface area contributed by atoms with Gasteiger partial charge in [0.15, 0.2) is 5.60 Å². The van der Waals surface area contributed by atoms with Crippen molar-refractivity contribution in [2.45, 2.75) is 19.4 Å². The van der Waals surface area contributed by atoms with Gasteiger partial charge in [0.05, 0.1) is 19.4 Å². The molecule has 0 aromatic heterocycles. The summed E-state index contributed by atoms with van der Waals surface area (Å²) in [5.74, 6) is 6.16. The van der Waals surface area contributed by atoms with Gasteiger partial charge in [-0.15, -0.1) is 0 Å². The summed E-state index contributed by atoms with van der Waals surface area (Å²) in [6.07, 6.45) is 2.02. The van der Waals surface area contributed by atoms with Gasteiger partial charge in [-0.25, -0.2) is 4.79 Å². The lowest BCUT2D eigenvalue weighted by molar-refractivity contribution is -0.131. The van der Waals surface area contributed by atoms with E-state index in [0.29, 0.717) is 5.02 Å². The summed E-state index contributed by atoms with van der Waals surface area (Å²) in [7, 11) is 1.39. The molecule has 1 N–H and O–H groups in total. The van der Waals surface area contributed by atoms with Crippen LogP contribution < -0.4 is 4.74 Å². The highest BCUT2D eigenvalue weighted by Gasteiger charge is 2.16. The van der Waals surface area contributed by atoms with E-state index in [4.69, 9.17) is 21.4 Å². The largest absolute Gasteiger partial charge is 0.504 e. The lowest BCUT2D eigenvalue weighted by Gasteiger charge is -2.20. The van der Waals surface area contributed by atoms with Gasteiger partial charge in [0, 0.05) is 10.6 Å². The lowest BCUT2D eigenvalue weighted by Crippen LogP contribution is -2.25. The summed E-state index contributed by atoms with van der Waals surface area (Å²) >= 11 is 5.89. The minimum Gasteiger partial charge on any atom is -0.504 e. The van der Waals surface area contributed by atoms with Crippen LogP contribution in [0.2, 0.25) is 5.02 Å². The Morgan fingerprint density at radius 3 is 2.30 bits per heavy atom. The average Bonchev–Trinajstić information content (AvgIpc) is 2.72. The molecule has 3 aromatic rings. The third-order valence-electron chi connectivity index (χ3n) is 3.79. The highest BCUT2D eigenvalue weighted by Crippen LogP contribution is 2.21. The summed E-state index contributed by atoms with van der Waals surface area (Å²) in [6.45, 7) is 3.91. The van der Waals surface area contributed by atoms with Crippen LogP contribution >= 0.6 is 11.6 Å². The van der Waals surface area contributed by atoms with E-state index in [-0.39, 0.29) is 0 Å². The Bertz CT molecular complexity index is 1070. The first-order valence-electron chi connectivity index (χ1n) is 9.18. The Kier molecular flexibility index (Phi) is 8.34. The predicted octanol–water partition coefficient (Wildman–Crippen LogP) is 5.93. The molecule has 0 aliphatic heterocycles. The van der Waals surface area contributed by atoms with Gasteiger partial charge in [0.2, 0.25) is 0 Å². The number of ether oxygens (including phenoxy) is 2. The maximum atomic E-state index is 9.59. The summed E-state index contributed by atoms with van der Waals surface area (Å²) < 4.78 is 10.2. The van der Waals surface area contributed by atoms with Crippen molar-refractivity contribution in [3.05, 3.63) is 89.7 Å². The van der Waals surface area contributed by atoms with E-state index in [1.54, 1.807) is 0 Å². The first-order chi connectivity index (χ1) is 14.3. The molecular weight excluding hydrogens is 400 g/mol. The van der Waals surface area contributed by atoms with Crippen molar-refractivity contribution in [3.63, 3.8) is 0 Å². The number of carboxylic acids is 1. The molecule has 0 aliphatic carbocycles. The van der Waals surface area contributed by atoms with Gasteiger partial charge in [-0.3, -0.25) is 0 Å². The number of fused-ring (bicyclic) bond motifs is 1. The monoisotopic (exact) mass is 422 g/mol. The molecule has 0 spiro atoms. The number of aliphatic carboxylic acids is 1. The molecule has 0 fully saturated rings. The zero-order chi connectivity index (χ0) is 22.0. The maximum Gasteiger partial charge on any atom is 0.331 e. The molecule has 154 valence electrons. The van der Waals surface area contributed by atoms with Crippen molar-refractivity contribution >= 4 is 28.3 Å². The Balaban J connectivity index is 0.000000396. The molecule has 0 radical (unpaired) electrons. The summed E-state index contributed by atoms with van der Waals surface area (Å²) in [5, 5.41) is 11.0. The maximum absolute atomic E-state index is 9.59. The van der Waals surface area contributed by atoms with E-state index < -0.39 is 11.6 Å². The number of carbonyl (C=O) groups is 1. The predicted molar refractivity (Wildman–Crippen MR) is 121 cm³/mol. The van der Waals surface area contributed by atoms with Gasteiger partial charge >= 0.3 is 5.97 Å². The van der Waals surface area contributed by atoms with Gasteiger partial charge in [-0.2, -0.15) is 0 Å². The third-order valence-corrected chi connectivity index (χ3v) is 4.04. The molecule has 5 heteroatoms. The normalized spacial score (nSPS) is 10.5. The summed E-state index contributed by atoms with van der Waals surface area (Å²) in [6, 6.07) is 21.8. The van der Waals surface area contributed by atoms with Gasteiger partial charge in [0.25, 0.3) is 0 Å². The van der Waals surface area contributed by atoms with Crippen molar-refractivity contribution in [2.75, 3.05) is 7.11 Å². The third kappa shape index (κ3) is 7.90. The van der Waals surface area contributed by atoms with Crippen LogP contribution in [0.15, 0.2) is 79.1 Å². The molecule has 0 atom stereocenters. The van der Waals surface area contributed by atoms with Crippen molar-refractivity contribution < 1.29 is 19.4 Å². The lowest BCUT2D eigenvalue weighted by atomic mass is 10.1. The fourth-order valence-corrected chi connectivity index (χ4v) is 2.56. The number of halogens is 1. The smallest absolute Gasteiger partial charge is 0.331 e. The minimum atomic E-state index is -0.998. The number of benzene rings is 3. The highest BCUT2D eigenvalue weighted by atomic mass is 35.5. The van der Waals surface area contributed by atoms with Crippen LogP contribution in [0.3, 0.4) is 0 Å². The molecule has 0 heterocycles. The topological polar surface area (TPSA) is 55.8 Å². The molecule has 3 rings (SSSR count). The second kappa shape index (κ2) is 10.9. The van der Waals surface area contributed by atoms with E-state index in [2.05, 4.69) is 40.8 Å². The van der Waals surface area contributed by atoms with Crippen molar-refractivity contribution in [1.29, 1.82) is 0 Å². The molecule has 30 heavy (non-hydrogen) atoms. The zero-order valence-electron chi connectivity index (χ0n) is 17.1. The van der Waals surface area contributed by atoms with Crippen molar-refractivity contribution in [2.24, 2.45) is 0 Å². The first-order valence-corrected chi connectivity index (χ1v) is 9.56. The number of hydrogen-bond donors (Lipinski definition) is 1. The molecule has 3 aromatic carbocycles. The number of rotatable bonds is 4. The molecule has 0 saturated carbocycles. The fraction of sp³-hybridized carbons (Fsp3) is 0.160. The molecule has 0 amide bonds. The van der Waals surface area contributed by atoms with E-state index in [1.165, 1.54) is 17.9 Å². The van der Waals surface area contributed by atoms with Crippen LogP contribution in [0.4, 0.5) is 0 Å². The molecule has 4 nitrogen and oxygen atoms in total. The molecule has 0 saturated heterocycles. The van der Waals surface area contributed by atoms with Gasteiger partial charge in [0.1, 0.15) is 5.75 Å². The second-order valence-electron chi connectivity index (χ2n) is 6.75. The average molecular weight is 423 g/mol. The van der Waals surface area contributed by atoms with E-state index in [9.17, 15) is 4.79 Å². The molecular formula is C25H23ClO4. The van der Waals surface area contributed by atoms with Crippen LogP contribution in [0, 0.1) is 11.8 Å². The van der Waals surface area contributed by atoms with Gasteiger partial charge in [-0.05, 0) is 61.0 Å². The Labute approximate surface area is 181 Å². The van der Waals surface area contributed by atoms with Crippen LogP contribution in [-0.4, -0.2) is 23.8 Å². The van der Waals surface area contributed by atoms with Crippen LogP contribution in [0.5, 0.6) is 5.75 Å². The SMILES string of the molecule is CC(C)(C#Cc1ccc2ccccc2c1)Oc1ccc(Cl)cc1.COC=CC(=O)O. The first kappa shape index (κ1) is 22.9. The van der Waals surface area contributed by atoms with Crippen LogP contribution in [0.1, 0.15) is 19.4 Å². The minimum absolute atomic E-state index is 0.584. The molecule has 0 bridgehead atoms. The Morgan fingerprint density at radius 2 is 1.70 bits per heavy atom.